The summed E-state index contributed by atoms with van der Waals surface area (Å²) in [5.74, 6) is 0.254. The average Bonchev–Trinajstić information content (AvgIpc) is 3.22. The van der Waals surface area contributed by atoms with Crippen LogP contribution >= 0.6 is 0 Å². The molecule has 1 aromatic heterocycles. The molecule has 0 N–H and O–H groups in total. The van der Waals surface area contributed by atoms with Crippen molar-refractivity contribution in [2.75, 3.05) is 0 Å². The van der Waals surface area contributed by atoms with Crippen molar-refractivity contribution in [2.24, 2.45) is 0 Å². The maximum atomic E-state index is 12.6. The van der Waals surface area contributed by atoms with Crippen molar-refractivity contribution in [3.8, 4) is 22.7 Å². The third-order valence-electron chi connectivity index (χ3n) is 5.49. The standard InChI is InChI=1S/C26H27N3O3S/c1-4-5-9-24-26(29(28-27-24)25-10-7-6-8-20(25)3)21-13-15-22(16-14-21)32-33(30,31)23-17-11-19(2)12-18-23/h6-8,10-18H,4-5,9H2,1-3H3. The summed E-state index contributed by atoms with van der Waals surface area (Å²) in [7, 11) is -3.90. The Labute approximate surface area is 195 Å². The Balaban J connectivity index is 1.68. The molecule has 0 amide bonds. The number of nitrogens with zero attached hydrogens (tertiary/aromatic N) is 3. The Hall–Kier alpha value is -3.45. The van der Waals surface area contributed by atoms with Crippen LogP contribution in [0.5, 0.6) is 5.75 Å². The molecule has 0 radical (unpaired) electrons. The fourth-order valence-electron chi connectivity index (χ4n) is 3.63. The van der Waals surface area contributed by atoms with Crippen LogP contribution in [0.3, 0.4) is 0 Å². The topological polar surface area (TPSA) is 74.1 Å². The SMILES string of the molecule is CCCCc1nnn(-c2ccccc2C)c1-c1ccc(OS(=O)(=O)c2ccc(C)cc2)cc1. The first-order valence-electron chi connectivity index (χ1n) is 11.0. The highest BCUT2D eigenvalue weighted by Gasteiger charge is 2.19. The van der Waals surface area contributed by atoms with Gasteiger partial charge < -0.3 is 4.18 Å². The summed E-state index contributed by atoms with van der Waals surface area (Å²) < 4.78 is 32.5. The van der Waals surface area contributed by atoms with Crippen molar-refractivity contribution >= 4 is 10.1 Å². The fraction of sp³-hybridized carbons (Fsp3) is 0.231. The minimum atomic E-state index is -3.90. The summed E-state index contributed by atoms with van der Waals surface area (Å²) in [6, 6.07) is 21.7. The van der Waals surface area contributed by atoms with E-state index in [1.807, 2.05) is 54.9 Å². The van der Waals surface area contributed by atoms with Crippen molar-refractivity contribution in [3.63, 3.8) is 0 Å². The lowest BCUT2D eigenvalue weighted by Gasteiger charge is -2.12. The minimum Gasteiger partial charge on any atom is -0.379 e. The predicted octanol–water partition coefficient (Wildman–Crippen LogP) is 5.66. The van der Waals surface area contributed by atoms with Crippen LogP contribution in [-0.2, 0) is 16.5 Å². The summed E-state index contributed by atoms with van der Waals surface area (Å²) in [4.78, 5) is 0.126. The van der Waals surface area contributed by atoms with Crippen LogP contribution in [-0.4, -0.2) is 23.4 Å². The van der Waals surface area contributed by atoms with Gasteiger partial charge in [-0.3, -0.25) is 0 Å². The van der Waals surface area contributed by atoms with Crippen molar-refractivity contribution in [3.05, 3.63) is 89.6 Å². The number of para-hydroxylation sites is 1. The second kappa shape index (κ2) is 9.58. The number of benzene rings is 3. The van der Waals surface area contributed by atoms with E-state index in [1.165, 1.54) is 0 Å². The lowest BCUT2D eigenvalue weighted by atomic mass is 10.1. The molecular weight excluding hydrogens is 434 g/mol. The summed E-state index contributed by atoms with van der Waals surface area (Å²) in [5, 5.41) is 8.91. The lowest BCUT2D eigenvalue weighted by molar-refractivity contribution is 0.486. The smallest absolute Gasteiger partial charge is 0.339 e. The first-order chi connectivity index (χ1) is 15.9. The van der Waals surface area contributed by atoms with E-state index < -0.39 is 10.1 Å². The summed E-state index contributed by atoms with van der Waals surface area (Å²) in [5.41, 5.74) is 5.76. The van der Waals surface area contributed by atoms with E-state index in [0.29, 0.717) is 0 Å². The minimum absolute atomic E-state index is 0.126. The molecule has 0 bridgehead atoms. The largest absolute Gasteiger partial charge is 0.379 e. The van der Waals surface area contributed by atoms with Gasteiger partial charge in [0.2, 0.25) is 0 Å². The van der Waals surface area contributed by atoms with E-state index in [9.17, 15) is 8.42 Å². The number of aromatic nitrogens is 3. The first kappa shape index (κ1) is 22.7. The Bertz CT molecular complexity index is 1340. The highest BCUT2D eigenvalue weighted by molar-refractivity contribution is 7.87. The monoisotopic (exact) mass is 461 g/mol. The van der Waals surface area contributed by atoms with Gasteiger partial charge in [-0.15, -0.1) is 5.10 Å². The fourth-order valence-corrected chi connectivity index (χ4v) is 4.56. The van der Waals surface area contributed by atoms with E-state index in [0.717, 1.165) is 53.0 Å². The number of aryl methyl sites for hydroxylation is 3. The molecule has 6 nitrogen and oxygen atoms in total. The van der Waals surface area contributed by atoms with Gasteiger partial charge in [-0.25, -0.2) is 4.68 Å². The molecule has 0 unspecified atom stereocenters. The summed E-state index contributed by atoms with van der Waals surface area (Å²) >= 11 is 0. The van der Waals surface area contributed by atoms with Crippen molar-refractivity contribution < 1.29 is 12.6 Å². The molecule has 33 heavy (non-hydrogen) atoms. The lowest BCUT2D eigenvalue weighted by Crippen LogP contribution is -2.09. The van der Waals surface area contributed by atoms with Crippen LogP contribution in [0.2, 0.25) is 0 Å². The molecule has 3 aromatic carbocycles. The number of rotatable bonds is 8. The Morgan fingerprint density at radius 1 is 0.909 bits per heavy atom. The Morgan fingerprint density at radius 2 is 1.61 bits per heavy atom. The maximum absolute atomic E-state index is 12.6. The molecule has 170 valence electrons. The van der Waals surface area contributed by atoms with Gasteiger partial charge in [-0.05, 0) is 74.7 Å². The molecular formula is C26H27N3O3S. The van der Waals surface area contributed by atoms with Crippen LogP contribution in [0.4, 0.5) is 0 Å². The second-order valence-corrected chi connectivity index (χ2v) is 9.61. The molecule has 4 aromatic rings. The number of hydrogen-bond donors (Lipinski definition) is 0. The molecule has 0 aliphatic carbocycles. The van der Waals surface area contributed by atoms with Gasteiger partial charge in [0.25, 0.3) is 0 Å². The van der Waals surface area contributed by atoms with Crippen molar-refractivity contribution in [1.82, 2.24) is 15.0 Å². The zero-order chi connectivity index (χ0) is 23.4. The molecule has 0 saturated carbocycles. The van der Waals surface area contributed by atoms with Crippen molar-refractivity contribution in [1.29, 1.82) is 0 Å². The van der Waals surface area contributed by atoms with E-state index in [4.69, 9.17) is 4.18 Å². The van der Waals surface area contributed by atoms with E-state index in [2.05, 4.69) is 17.2 Å². The zero-order valence-corrected chi connectivity index (χ0v) is 19.8. The molecule has 0 aliphatic rings. The zero-order valence-electron chi connectivity index (χ0n) is 19.0. The van der Waals surface area contributed by atoms with E-state index in [-0.39, 0.29) is 10.6 Å². The molecule has 0 spiro atoms. The molecule has 0 atom stereocenters. The number of unbranched alkanes of at least 4 members (excludes halogenated alkanes) is 1. The van der Waals surface area contributed by atoms with Gasteiger partial charge in [0.15, 0.2) is 0 Å². The predicted molar refractivity (Wildman–Crippen MR) is 129 cm³/mol. The maximum Gasteiger partial charge on any atom is 0.339 e. The van der Waals surface area contributed by atoms with Gasteiger partial charge >= 0.3 is 10.1 Å². The van der Waals surface area contributed by atoms with E-state index in [1.54, 1.807) is 36.4 Å². The van der Waals surface area contributed by atoms with Gasteiger partial charge in [0.1, 0.15) is 10.6 Å². The Kier molecular flexibility index (Phi) is 6.60. The second-order valence-electron chi connectivity index (χ2n) is 8.06. The molecule has 0 fully saturated rings. The van der Waals surface area contributed by atoms with Gasteiger partial charge in [-0.1, -0.05) is 54.5 Å². The van der Waals surface area contributed by atoms with Gasteiger partial charge in [-0.2, -0.15) is 8.42 Å². The quantitative estimate of drug-likeness (QED) is 0.317. The molecule has 0 aliphatic heterocycles. The van der Waals surface area contributed by atoms with Crippen LogP contribution in [0.1, 0.15) is 36.6 Å². The van der Waals surface area contributed by atoms with Crippen LogP contribution in [0, 0.1) is 13.8 Å². The van der Waals surface area contributed by atoms with Gasteiger partial charge in [0, 0.05) is 5.56 Å². The van der Waals surface area contributed by atoms with Crippen LogP contribution in [0.25, 0.3) is 16.9 Å². The first-order valence-corrected chi connectivity index (χ1v) is 12.4. The average molecular weight is 462 g/mol. The van der Waals surface area contributed by atoms with Crippen LogP contribution in [0.15, 0.2) is 77.7 Å². The van der Waals surface area contributed by atoms with E-state index >= 15 is 0 Å². The molecule has 7 heteroatoms. The molecule has 4 rings (SSSR count). The highest BCUT2D eigenvalue weighted by Crippen LogP contribution is 2.30. The summed E-state index contributed by atoms with van der Waals surface area (Å²) in [6.45, 7) is 6.09. The van der Waals surface area contributed by atoms with Crippen molar-refractivity contribution in [2.45, 2.75) is 44.9 Å². The number of hydrogen-bond acceptors (Lipinski definition) is 5. The molecule has 1 heterocycles. The third kappa shape index (κ3) is 4.98. The Morgan fingerprint density at radius 3 is 2.27 bits per heavy atom. The normalized spacial score (nSPS) is 11.5. The van der Waals surface area contributed by atoms with Crippen LogP contribution < -0.4 is 4.18 Å². The third-order valence-corrected chi connectivity index (χ3v) is 6.76. The highest BCUT2D eigenvalue weighted by atomic mass is 32.2. The van der Waals surface area contributed by atoms with Gasteiger partial charge in [0.05, 0.1) is 17.1 Å². The molecule has 0 saturated heterocycles. The summed E-state index contributed by atoms with van der Waals surface area (Å²) in [6.07, 6.45) is 2.88.